The number of rotatable bonds is 5. The minimum absolute atomic E-state index is 0.613. The molecule has 4 nitrogen and oxygen atoms in total. The van der Waals surface area contributed by atoms with E-state index in [1.54, 1.807) is 5.06 Å². The molecule has 0 atom stereocenters. The minimum atomic E-state index is 0.613. The summed E-state index contributed by atoms with van der Waals surface area (Å²) in [5.41, 5.74) is 1.05. The van der Waals surface area contributed by atoms with Crippen molar-refractivity contribution in [1.82, 2.24) is 10.4 Å². The van der Waals surface area contributed by atoms with Crippen LogP contribution in [0.5, 0.6) is 0 Å². The molecule has 1 heterocycles. The lowest BCUT2D eigenvalue weighted by Crippen LogP contribution is -2.23. The normalized spacial score (nSPS) is 16.2. The number of nitrogens with zero attached hydrogens (tertiary/aromatic N) is 2. The predicted octanol–water partition coefficient (Wildman–Crippen LogP) is 0.775. The first kappa shape index (κ1) is 10.2. The Balaban J connectivity index is 2.07. The summed E-state index contributed by atoms with van der Waals surface area (Å²) < 4.78 is 0. The quantitative estimate of drug-likeness (QED) is 0.640. The van der Waals surface area contributed by atoms with E-state index in [9.17, 15) is 0 Å². The van der Waals surface area contributed by atoms with E-state index in [-0.39, 0.29) is 0 Å². The molecule has 0 saturated carbocycles. The number of hydrogen-bond acceptors (Lipinski definition) is 4. The fourth-order valence-electron chi connectivity index (χ4n) is 0.987. The van der Waals surface area contributed by atoms with Gasteiger partial charge in [0.15, 0.2) is 0 Å². The molecule has 0 fully saturated rings. The van der Waals surface area contributed by atoms with Crippen LogP contribution in [0.1, 0.15) is 13.3 Å². The third-order valence-electron chi connectivity index (χ3n) is 1.77. The molecule has 74 valence electrons. The maximum Gasteiger partial charge on any atom is 0.135 e. The Morgan fingerprint density at radius 2 is 2.54 bits per heavy atom. The summed E-state index contributed by atoms with van der Waals surface area (Å²) in [4.78, 5) is 9.66. The van der Waals surface area contributed by atoms with E-state index in [1.165, 1.54) is 0 Å². The van der Waals surface area contributed by atoms with Gasteiger partial charge in [-0.05, 0) is 33.0 Å². The molecule has 0 aromatic rings. The molecule has 1 aliphatic heterocycles. The number of hydrogen-bond donors (Lipinski definition) is 1. The second kappa shape index (κ2) is 5.72. The van der Waals surface area contributed by atoms with Gasteiger partial charge in [0.05, 0.1) is 6.61 Å². The molecule has 1 N–H and O–H groups in total. The second-order valence-corrected chi connectivity index (χ2v) is 2.96. The standard InChI is InChI=1S/C9H17N3O/c1-9-4-6-12(8-11-9)13-7-3-5-10-2/h4,6,10H,3,5,7-8H2,1-2H3. The van der Waals surface area contributed by atoms with Gasteiger partial charge in [-0.3, -0.25) is 9.83 Å². The van der Waals surface area contributed by atoms with Gasteiger partial charge < -0.3 is 5.32 Å². The Morgan fingerprint density at radius 1 is 1.69 bits per heavy atom. The highest BCUT2D eigenvalue weighted by atomic mass is 16.7. The number of allylic oxidation sites excluding steroid dienone is 1. The van der Waals surface area contributed by atoms with E-state index < -0.39 is 0 Å². The van der Waals surface area contributed by atoms with E-state index in [0.29, 0.717) is 6.67 Å². The van der Waals surface area contributed by atoms with Crippen LogP contribution in [0, 0.1) is 0 Å². The molecule has 0 amide bonds. The molecule has 0 spiro atoms. The van der Waals surface area contributed by atoms with E-state index in [0.717, 1.165) is 25.3 Å². The molecule has 0 unspecified atom stereocenters. The van der Waals surface area contributed by atoms with Gasteiger partial charge in [0, 0.05) is 11.9 Å². The highest BCUT2D eigenvalue weighted by molar-refractivity contribution is 5.93. The Bertz CT molecular complexity index is 201. The van der Waals surface area contributed by atoms with Crippen molar-refractivity contribution < 1.29 is 4.84 Å². The third kappa shape index (κ3) is 4.05. The molecular weight excluding hydrogens is 166 g/mol. The van der Waals surface area contributed by atoms with Gasteiger partial charge in [0.2, 0.25) is 0 Å². The SMILES string of the molecule is CNCCCON1C=CC(C)=NC1. The number of nitrogens with one attached hydrogen (secondary N) is 1. The lowest BCUT2D eigenvalue weighted by atomic mass is 10.4. The summed E-state index contributed by atoms with van der Waals surface area (Å²) in [6.07, 6.45) is 4.88. The third-order valence-corrected chi connectivity index (χ3v) is 1.77. The molecule has 0 aromatic carbocycles. The van der Waals surface area contributed by atoms with Gasteiger partial charge in [-0.25, -0.2) is 5.06 Å². The van der Waals surface area contributed by atoms with Gasteiger partial charge in [-0.15, -0.1) is 0 Å². The van der Waals surface area contributed by atoms with Crippen LogP contribution in [0.2, 0.25) is 0 Å². The van der Waals surface area contributed by atoms with Crippen LogP contribution >= 0.6 is 0 Å². The van der Waals surface area contributed by atoms with E-state index in [1.807, 2.05) is 26.2 Å². The zero-order chi connectivity index (χ0) is 9.52. The smallest absolute Gasteiger partial charge is 0.135 e. The van der Waals surface area contributed by atoms with Crippen LogP contribution in [0.3, 0.4) is 0 Å². The zero-order valence-corrected chi connectivity index (χ0v) is 8.29. The second-order valence-electron chi connectivity index (χ2n) is 2.96. The first-order chi connectivity index (χ1) is 6.33. The van der Waals surface area contributed by atoms with E-state index in [4.69, 9.17) is 4.84 Å². The first-order valence-electron chi connectivity index (χ1n) is 4.56. The molecule has 0 aliphatic carbocycles. The summed E-state index contributed by atoms with van der Waals surface area (Å²) >= 11 is 0. The molecule has 1 rings (SSSR count). The molecule has 0 bridgehead atoms. The van der Waals surface area contributed by atoms with Crippen LogP contribution in [-0.4, -0.2) is 37.6 Å². The van der Waals surface area contributed by atoms with Gasteiger partial charge in [-0.2, -0.15) is 0 Å². The van der Waals surface area contributed by atoms with Crippen molar-refractivity contribution in [1.29, 1.82) is 0 Å². The summed E-state index contributed by atoms with van der Waals surface area (Å²) in [5, 5.41) is 4.82. The molecular formula is C9H17N3O. The Kier molecular flexibility index (Phi) is 4.49. The summed E-state index contributed by atoms with van der Waals surface area (Å²) in [6.45, 7) is 4.32. The Hall–Kier alpha value is -0.870. The van der Waals surface area contributed by atoms with Crippen LogP contribution in [-0.2, 0) is 4.84 Å². The number of aliphatic imine (C=N–C) groups is 1. The van der Waals surface area contributed by atoms with Gasteiger partial charge in [0.25, 0.3) is 0 Å². The highest BCUT2D eigenvalue weighted by Gasteiger charge is 2.02. The van der Waals surface area contributed by atoms with Crippen molar-refractivity contribution in [2.75, 3.05) is 26.9 Å². The Labute approximate surface area is 79.2 Å². The molecule has 13 heavy (non-hydrogen) atoms. The fourth-order valence-corrected chi connectivity index (χ4v) is 0.987. The summed E-state index contributed by atoms with van der Waals surface area (Å²) in [5.74, 6) is 0. The summed E-state index contributed by atoms with van der Waals surface area (Å²) in [6, 6.07) is 0. The molecule has 1 aliphatic rings. The molecule has 4 heteroatoms. The van der Waals surface area contributed by atoms with Crippen LogP contribution in [0.25, 0.3) is 0 Å². The minimum Gasteiger partial charge on any atom is -0.320 e. The fraction of sp³-hybridized carbons (Fsp3) is 0.667. The Morgan fingerprint density at radius 3 is 3.15 bits per heavy atom. The van der Waals surface area contributed by atoms with Crippen molar-refractivity contribution in [2.45, 2.75) is 13.3 Å². The van der Waals surface area contributed by atoms with Crippen LogP contribution in [0.4, 0.5) is 0 Å². The maximum absolute atomic E-state index is 5.43. The monoisotopic (exact) mass is 183 g/mol. The topological polar surface area (TPSA) is 36.9 Å². The van der Waals surface area contributed by atoms with Crippen LogP contribution in [0.15, 0.2) is 17.3 Å². The van der Waals surface area contributed by atoms with E-state index >= 15 is 0 Å². The van der Waals surface area contributed by atoms with Gasteiger partial charge in [0.1, 0.15) is 6.67 Å². The van der Waals surface area contributed by atoms with E-state index in [2.05, 4.69) is 10.3 Å². The largest absolute Gasteiger partial charge is 0.320 e. The van der Waals surface area contributed by atoms with Crippen LogP contribution < -0.4 is 5.32 Å². The van der Waals surface area contributed by atoms with Crippen molar-refractivity contribution >= 4 is 5.71 Å². The highest BCUT2D eigenvalue weighted by Crippen LogP contribution is 2.00. The van der Waals surface area contributed by atoms with Gasteiger partial charge in [-0.1, -0.05) is 0 Å². The lowest BCUT2D eigenvalue weighted by Gasteiger charge is -2.20. The first-order valence-corrected chi connectivity index (χ1v) is 4.56. The summed E-state index contributed by atoms with van der Waals surface area (Å²) in [7, 11) is 1.94. The number of hydroxylamine groups is 2. The van der Waals surface area contributed by atoms with Crippen molar-refractivity contribution in [2.24, 2.45) is 4.99 Å². The lowest BCUT2D eigenvalue weighted by molar-refractivity contribution is -0.119. The average Bonchev–Trinajstić information content (AvgIpc) is 2.15. The maximum atomic E-state index is 5.43. The van der Waals surface area contributed by atoms with Crippen molar-refractivity contribution in [3.05, 3.63) is 12.3 Å². The molecule has 0 saturated heterocycles. The average molecular weight is 183 g/mol. The predicted molar refractivity (Wildman–Crippen MR) is 53.5 cm³/mol. The molecule has 0 radical (unpaired) electrons. The molecule has 0 aromatic heterocycles. The van der Waals surface area contributed by atoms with Crippen molar-refractivity contribution in [3.63, 3.8) is 0 Å². The zero-order valence-electron chi connectivity index (χ0n) is 8.29. The van der Waals surface area contributed by atoms with Crippen molar-refractivity contribution in [3.8, 4) is 0 Å². The van der Waals surface area contributed by atoms with Gasteiger partial charge >= 0.3 is 0 Å².